The predicted molar refractivity (Wildman–Crippen MR) is 121 cm³/mol. The molecular formula is C27H37N. The highest BCUT2D eigenvalue weighted by atomic mass is 14.3. The Kier molecular flexibility index (Phi) is 9.84. The molecule has 0 aromatic heterocycles. The highest BCUT2D eigenvalue weighted by Crippen LogP contribution is 2.27. The molecule has 0 saturated heterocycles. The molecule has 0 aliphatic rings. The lowest BCUT2D eigenvalue weighted by Gasteiger charge is -2.14. The summed E-state index contributed by atoms with van der Waals surface area (Å²) in [6, 6.07) is 20.1. The normalized spacial score (nSPS) is 13.1. The van der Waals surface area contributed by atoms with Crippen molar-refractivity contribution in [3.05, 3.63) is 59.7 Å². The van der Waals surface area contributed by atoms with Crippen LogP contribution in [0.4, 0.5) is 0 Å². The lowest BCUT2D eigenvalue weighted by atomic mass is 9.88. The summed E-state index contributed by atoms with van der Waals surface area (Å²) in [5, 5.41) is 9.52. The SMILES string of the molecule is CCCCCCCCc1ccc(-c2ccc(C(C#N)CC(C)CC)cc2)cc1. The van der Waals surface area contributed by atoms with Gasteiger partial charge in [-0.15, -0.1) is 0 Å². The number of nitrogens with zero attached hydrogens (tertiary/aromatic N) is 1. The van der Waals surface area contributed by atoms with Crippen molar-refractivity contribution >= 4 is 0 Å². The van der Waals surface area contributed by atoms with Crippen molar-refractivity contribution in [1.29, 1.82) is 5.26 Å². The molecule has 1 nitrogen and oxygen atoms in total. The van der Waals surface area contributed by atoms with Crippen LogP contribution in [0.5, 0.6) is 0 Å². The number of hydrogen-bond donors (Lipinski definition) is 0. The average Bonchev–Trinajstić information content (AvgIpc) is 2.75. The lowest BCUT2D eigenvalue weighted by molar-refractivity contribution is 0.494. The van der Waals surface area contributed by atoms with Gasteiger partial charge in [-0.1, -0.05) is 108 Å². The van der Waals surface area contributed by atoms with E-state index in [0.29, 0.717) is 5.92 Å². The van der Waals surface area contributed by atoms with Gasteiger partial charge >= 0.3 is 0 Å². The van der Waals surface area contributed by atoms with Crippen LogP contribution < -0.4 is 0 Å². The van der Waals surface area contributed by atoms with E-state index in [2.05, 4.69) is 75.4 Å². The van der Waals surface area contributed by atoms with Gasteiger partial charge in [-0.3, -0.25) is 0 Å². The molecule has 0 aliphatic heterocycles. The van der Waals surface area contributed by atoms with Crippen LogP contribution in [0.1, 0.15) is 89.2 Å². The number of hydrogen-bond acceptors (Lipinski definition) is 1. The molecule has 1 heteroatoms. The van der Waals surface area contributed by atoms with E-state index in [9.17, 15) is 5.26 Å². The van der Waals surface area contributed by atoms with E-state index in [-0.39, 0.29) is 5.92 Å². The summed E-state index contributed by atoms with van der Waals surface area (Å²) in [6.45, 7) is 6.69. The second kappa shape index (κ2) is 12.4. The Morgan fingerprint density at radius 3 is 1.93 bits per heavy atom. The lowest BCUT2D eigenvalue weighted by Crippen LogP contribution is -2.02. The number of nitriles is 1. The molecule has 0 N–H and O–H groups in total. The van der Waals surface area contributed by atoms with Gasteiger partial charge in [0.15, 0.2) is 0 Å². The Hall–Kier alpha value is -2.07. The van der Waals surface area contributed by atoms with E-state index in [0.717, 1.165) is 18.4 Å². The molecule has 28 heavy (non-hydrogen) atoms. The molecular weight excluding hydrogens is 338 g/mol. The van der Waals surface area contributed by atoms with Crippen LogP contribution in [-0.2, 0) is 6.42 Å². The van der Waals surface area contributed by atoms with E-state index >= 15 is 0 Å². The quantitative estimate of drug-likeness (QED) is 0.342. The Morgan fingerprint density at radius 1 is 0.786 bits per heavy atom. The summed E-state index contributed by atoms with van der Waals surface area (Å²) in [6.07, 6.45) is 11.3. The zero-order valence-corrected chi connectivity index (χ0v) is 18.1. The van der Waals surface area contributed by atoms with Crippen LogP contribution in [0.3, 0.4) is 0 Å². The van der Waals surface area contributed by atoms with Gasteiger partial charge in [0.05, 0.1) is 12.0 Å². The predicted octanol–water partition coefficient (Wildman–Crippen LogP) is 8.30. The van der Waals surface area contributed by atoms with Crippen molar-refractivity contribution < 1.29 is 0 Å². The molecule has 2 atom stereocenters. The monoisotopic (exact) mass is 375 g/mol. The maximum atomic E-state index is 9.52. The van der Waals surface area contributed by atoms with Crippen LogP contribution in [0.2, 0.25) is 0 Å². The fraction of sp³-hybridized carbons (Fsp3) is 0.519. The van der Waals surface area contributed by atoms with Gasteiger partial charge in [0, 0.05) is 0 Å². The van der Waals surface area contributed by atoms with Gasteiger partial charge < -0.3 is 0 Å². The minimum atomic E-state index is 0.00343. The first-order valence-electron chi connectivity index (χ1n) is 11.3. The Morgan fingerprint density at radius 2 is 1.36 bits per heavy atom. The van der Waals surface area contributed by atoms with Gasteiger partial charge in [-0.2, -0.15) is 5.26 Å². The third-order valence-corrected chi connectivity index (χ3v) is 5.91. The standard InChI is InChI=1S/C27H37N/c1-4-6-7-8-9-10-11-23-12-14-24(15-13-23)25-16-18-26(19-17-25)27(21-28)20-22(3)5-2/h12-19,22,27H,4-11,20H2,1-3H3. The third-order valence-electron chi connectivity index (χ3n) is 5.91. The molecule has 0 saturated carbocycles. The first kappa shape index (κ1) is 22.2. The molecule has 0 aliphatic carbocycles. The van der Waals surface area contributed by atoms with Crippen molar-refractivity contribution in [1.82, 2.24) is 0 Å². The zero-order valence-electron chi connectivity index (χ0n) is 18.1. The topological polar surface area (TPSA) is 23.8 Å². The van der Waals surface area contributed by atoms with Crippen molar-refractivity contribution in [3.63, 3.8) is 0 Å². The van der Waals surface area contributed by atoms with Crippen LogP contribution in [0.25, 0.3) is 11.1 Å². The van der Waals surface area contributed by atoms with Gasteiger partial charge in [0.2, 0.25) is 0 Å². The second-order valence-electron chi connectivity index (χ2n) is 8.27. The Balaban J connectivity index is 1.90. The molecule has 150 valence electrons. The summed E-state index contributed by atoms with van der Waals surface area (Å²) < 4.78 is 0. The molecule has 0 radical (unpaired) electrons. The number of aryl methyl sites for hydroxylation is 1. The molecule has 2 aromatic rings. The summed E-state index contributed by atoms with van der Waals surface area (Å²) in [7, 11) is 0. The summed E-state index contributed by atoms with van der Waals surface area (Å²) in [4.78, 5) is 0. The van der Waals surface area contributed by atoms with Crippen molar-refractivity contribution in [2.45, 2.75) is 84.5 Å². The molecule has 0 heterocycles. The van der Waals surface area contributed by atoms with Gasteiger partial charge in [0.1, 0.15) is 0 Å². The van der Waals surface area contributed by atoms with Crippen LogP contribution >= 0.6 is 0 Å². The molecule has 2 rings (SSSR count). The molecule has 0 spiro atoms. The zero-order chi connectivity index (χ0) is 20.2. The van der Waals surface area contributed by atoms with Gasteiger partial charge in [-0.25, -0.2) is 0 Å². The van der Waals surface area contributed by atoms with Gasteiger partial charge in [-0.05, 0) is 47.4 Å². The van der Waals surface area contributed by atoms with E-state index in [4.69, 9.17) is 0 Å². The van der Waals surface area contributed by atoms with Crippen molar-refractivity contribution in [2.75, 3.05) is 0 Å². The van der Waals surface area contributed by atoms with Crippen LogP contribution in [0, 0.1) is 17.2 Å². The van der Waals surface area contributed by atoms with Crippen LogP contribution in [0.15, 0.2) is 48.5 Å². The maximum Gasteiger partial charge on any atom is 0.0715 e. The molecule has 0 fully saturated rings. The first-order chi connectivity index (χ1) is 13.7. The molecule has 0 amide bonds. The fourth-order valence-corrected chi connectivity index (χ4v) is 3.71. The Labute approximate surface area is 172 Å². The van der Waals surface area contributed by atoms with Gasteiger partial charge in [0.25, 0.3) is 0 Å². The second-order valence-corrected chi connectivity index (χ2v) is 8.27. The average molecular weight is 376 g/mol. The largest absolute Gasteiger partial charge is 0.198 e. The van der Waals surface area contributed by atoms with E-state index in [1.807, 2.05) is 0 Å². The smallest absolute Gasteiger partial charge is 0.0715 e. The fourth-order valence-electron chi connectivity index (χ4n) is 3.71. The molecule has 2 aromatic carbocycles. The third kappa shape index (κ3) is 7.16. The van der Waals surface area contributed by atoms with E-state index in [1.165, 1.54) is 61.6 Å². The highest BCUT2D eigenvalue weighted by Gasteiger charge is 2.14. The van der Waals surface area contributed by atoms with E-state index < -0.39 is 0 Å². The number of benzene rings is 2. The number of unbranched alkanes of at least 4 members (excludes halogenated alkanes) is 5. The molecule has 2 unspecified atom stereocenters. The first-order valence-corrected chi connectivity index (χ1v) is 11.3. The van der Waals surface area contributed by atoms with Crippen molar-refractivity contribution in [2.24, 2.45) is 5.92 Å². The summed E-state index contributed by atoms with van der Waals surface area (Å²) >= 11 is 0. The van der Waals surface area contributed by atoms with E-state index in [1.54, 1.807) is 0 Å². The highest BCUT2D eigenvalue weighted by molar-refractivity contribution is 5.64. The van der Waals surface area contributed by atoms with Crippen molar-refractivity contribution in [3.8, 4) is 17.2 Å². The summed E-state index contributed by atoms with van der Waals surface area (Å²) in [5.74, 6) is 0.590. The van der Waals surface area contributed by atoms with Crippen LogP contribution in [-0.4, -0.2) is 0 Å². The summed E-state index contributed by atoms with van der Waals surface area (Å²) in [5.41, 5.74) is 5.07. The Bertz CT molecular complexity index is 705. The maximum absolute atomic E-state index is 9.52. The minimum Gasteiger partial charge on any atom is -0.198 e. The molecule has 0 bridgehead atoms. The number of rotatable bonds is 12. The minimum absolute atomic E-state index is 0.00343.